The first-order valence-electron chi connectivity index (χ1n) is 12.7. The van der Waals surface area contributed by atoms with Crippen LogP contribution < -0.4 is 0 Å². The number of benzene rings is 1. The lowest BCUT2D eigenvalue weighted by Crippen LogP contribution is -2.56. The standard InChI is InChI=1S/C27H34N2O9/c1-24(2,3)38-23(31)29-20(15-11-9-8-10-12-15)27(29,14-28)22(30)32-13-16-17-18(35-25(4,5)34-17)19-21(33-16)37-26(6,7)36-19/h8-12,16-21H,13H2,1-7H3/t16-,17+,18+,19-,20+,21-,27-,29?/m1/s1. The molecule has 1 aromatic carbocycles. The highest BCUT2D eigenvalue weighted by Crippen LogP contribution is 2.54. The lowest BCUT2D eigenvalue weighted by molar-refractivity contribution is -0.242. The van der Waals surface area contributed by atoms with E-state index < -0.39 is 71.5 Å². The Kier molecular flexibility index (Phi) is 6.28. The predicted octanol–water partition coefficient (Wildman–Crippen LogP) is 3.18. The Bertz CT molecular complexity index is 1140. The average Bonchev–Trinajstić information content (AvgIpc) is 3.26. The zero-order valence-electron chi connectivity index (χ0n) is 22.6. The second-order valence-electron chi connectivity index (χ2n) is 11.8. The fraction of sp³-hybridized carbons (Fsp3) is 0.667. The van der Waals surface area contributed by atoms with E-state index in [1.54, 1.807) is 78.8 Å². The van der Waals surface area contributed by atoms with Crippen LogP contribution in [-0.2, 0) is 38.0 Å². The maximum atomic E-state index is 13.5. The molecule has 0 unspecified atom stereocenters. The molecule has 5 rings (SSSR count). The van der Waals surface area contributed by atoms with Crippen molar-refractivity contribution >= 4 is 12.1 Å². The van der Waals surface area contributed by atoms with Crippen molar-refractivity contribution in [1.82, 2.24) is 4.90 Å². The van der Waals surface area contributed by atoms with Gasteiger partial charge in [-0.15, -0.1) is 0 Å². The van der Waals surface area contributed by atoms with Crippen molar-refractivity contribution in [2.75, 3.05) is 6.61 Å². The van der Waals surface area contributed by atoms with Crippen LogP contribution in [0.4, 0.5) is 4.79 Å². The van der Waals surface area contributed by atoms with Crippen LogP contribution in [0.5, 0.6) is 0 Å². The molecule has 1 aromatic rings. The van der Waals surface area contributed by atoms with E-state index in [4.69, 9.17) is 33.2 Å². The molecule has 4 aliphatic heterocycles. The molecule has 4 saturated heterocycles. The molecule has 38 heavy (non-hydrogen) atoms. The molecule has 4 heterocycles. The summed E-state index contributed by atoms with van der Waals surface area (Å²) in [7, 11) is 0. The molecule has 0 N–H and O–H groups in total. The van der Waals surface area contributed by atoms with E-state index in [0.29, 0.717) is 5.56 Å². The number of nitriles is 1. The number of carbonyl (C=O) groups is 2. The van der Waals surface area contributed by atoms with Gasteiger partial charge in [0.05, 0.1) is 0 Å². The summed E-state index contributed by atoms with van der Waals surface area (Å²) in [5.74, 6) is -2.69. The number of hydrogen-bond donors (Lipinski definition) is 0. The molecule has 0 bridgehead atoms. The quantitative estimate of drug-likeness (QED) is 0.423. The zero-order chi connectivity index (χ0) is 27.7. The molecular formula is C27H34N2O9. The van der Waals surface area contributed by atoms with Crippen molar-refractivity contribution < 1.29 is 42.7 Å². The van der Waals surface area contributed by atoms with Crippen LogP contribution in [0.25, 0.3) is 0 Å². The van der Waals surface area contributed by atoms with Gasteiger partial charge in [-0.1, -0.05) is 30.3 Å². The first kappa shape index (κ1) is 26.8. The van der Waals surface area contributed by atoms with Crippen molar-refractivity contribution in [3.8, 4) is 6.07 Å². The van der Waals surface area contributed by atoms with Gasteiger partial charge < -0.3 is 33.2 Å². The highest BCUT2D eigenvalue weighted by Gasteiger charge is 2.74. The third kappa shape index (κ3) is 4.65. The number of nitrogens with zero attached hydrogens (tertiary/aromatic N) is 2. The first-order valence-corrected chi connectivity index (χ1v) is 12.7. The van der Waals surface area contributed by atoms with E-state index in [-0.39, 0.29) is 6.61 Å². The van der Waals surface area contributed by atoms with Crippen molar-refractivity contribution in [3.63, 3.8) is 0 Å². The Balaban J connectivity index is 1.36. The molecule has 4 fully saturated rings. The van der Waals surface area contributed by atoms with Crippen LogP contribution in [0.2, 0.25) is 0 Å². The van der Waals surface area contributed by atoms with Gasteiger partial charge in [0.1, 0.15) is 48.7 Å². The SMILES string of the molecule is CC(C)(C)OC(=O)N1[C@@H](c2ccccc2)[C@]1(C#N)C(=O)OC[C@H]1O[C@@H]2OC(C)(C)O[C@@H]2[C@H]2OC(C)(C)O[C@H]21. The molecule has 206 valence electrons. The second kappa shape index (κ2) is 8.89. The number of amides is 1. The Morgan fingerprint density at radius 3 is 2.21 bits per heavy atom. The number of carbonyl (C=O) groups excluding carboxylic acids is 2. The van der Waals surface area contributed by atoms with Crippen LogP contribution in [0.1, 0.15) is 60.1 Å². The Labute approximate surface area is 221 Å². The summed E-state index contributed by atoms with van der Waals surface area (Å²) in [6.07, 6.45) is -3.95. The largest absolute Gasteiger partial charge is 0.460 e. The average molecular weight is 531 g/mol. The molecule has 11 heteroatoms. The van der Waals surface area contributed by atoms with Gasteiger partial charge in [-0.2, -0.15) is 5.26 Å². The molecule has 7 atom stereocenters. The number of hydrogen-bond acceptors (Lipinski definition) is 10. The van der Waals surface area contributed by atoms with Gasteiger partial charge in [0.15, 0.2) is 17.9 Å². The molecule has 1 amide bonds. The minimum Gasteiger partial charge on any atom is -0.460 e. The highest BCUT2D eigenvalue weighted by molar-refractivity contribution is 5.97. The Morgan fingerprint density at radius 1 is 0.974 bits per heavy atom. The molecule has 0 saturated carbocycles. The Morgan fingerprint density at radius 2 is 1.58 bits per heavy atom. The third-order valence-electron chi connectivity index (χ3n) is 6.78. The van der Waals surface area contributed by atoms with Crippen molar-refractivity contribution in [3.05, 3.63) is 35.9 Å². The van der Waals surface area contributed by atoms with Crippen LogP contribution in [0.15, 0.2) is 30.3 Å². The summed E-state index contributed by atoms with van der Waals surface area (Å²) in [6, 6.07) is 9.99. The maximum Gasteiger partial charge on any atom is 0.412 e. The summed E-state index contributed by atoms with van der Waals surface area (Å²) in [5, 5.41) is 10.2. The smallest absolute Gasteiger partial charge is 0.412 e. The van der Waals surface area contributed by atoms with Gasteiger partial charge in [-0.05, 0) is 54.0 Å². The lowest BCUT2D eigenvalue weighted by atomic mass is 9.99. The topological polar surface area (TPSA) is 126 Å². The maximum absolute atomic E-state index is 13.5. The third-order valence-corrected chi connectivity index (χ3v) is 6.78. The summed E-state index contributed by atoms with van der Waals surface area (Å²) >= 11 is 0. The van der Waals surface area contributed by atoms with Crippen LogP contribution in [0.3, 0.4) is 0 Å². The lowest BCUT2D eigenvalue weighted by Gasteiger charge is -2.37. The van der Waals surface area contributed by atoms with Crippen molar-refractivity contribution in [1.29, 1.82) is 5.26 Å². The Hall–Kier alpha value is -2.75. The second-order valence-corrected chi connectivity index (χ2v) is 11.8. The number of fused-ring (bicyclic) bond motifs is 3. The van der Waals surface area contributed by atoms with Gasteiger partial charge in [-0.3, -0.25) is 4.90 Å². The fourth-order valence-electron chi connectivity index (χ4n) is 5.34. The normalized spacial score (nSPS) is 36.5. The van der Waals surface area contributed by atoms with E-state index >= 15 is 0 Å². The zero-order valence-corrected chi connectivity index (χ0v) is 22.6. The summed E-state index contributed by atoms with van der Waals surface area (Å²) < 4.78 is 41.3. The molecule has 4 aliphatic rings. The predicted molar refractivity (Wildman–Crippen MR) is 129 cm³/mol. The van der Waals surface area contributed by atoms with E-state index in [9.17, 15) is 14.9 Å². The first-order chi connectivity index (χ1) is 17.7. The summed E-state index contributed by atoms with van der Waals surface area (Å²) in [4.78, 5) is 27.7. The van der Waals surface area contributed by atoms with Gasteiger partial charge in [-0.25, -0.2) is 9.59 Å². The summed E-state index contributed by atoms with van der Waals surface area (Å²) in [6.45, 7) is 12.0. The number of ether oxygens (including phenoxy) is 7. The van der Waals surface area contributed by atoms with Crippen LogP contribution in [-0.4, -0.2) is 77.0 Å². The van der Waals surface area contributed by atoms with Crippen molar-refractivity contribution in [2.24, 2.45) is 0 Å². The molecule has 0 aliphatic carbocycles. The number of esters is 1. The molecule has 0 aromatic heterocycles. The van der Waals surface area contributed by atoms with E-state index in [2.05, 4.69) is 0 Å². The monoisotopic (exact) mass is 530 g/mol. The van der Waals surface area contributed by atoms with E-state index in [1.165, 1.54) is 0 Å². The molecule has 0 spiro atoms. The van der Waals surface area contributed by atoms with Crippen LogP contribution in [0, 0.1) is 11.3 Å². The summed E-state index contributed by atoms with van der Waals surface area (Å²) in [5.41, 5.74) is -2.10. The molecule has 0 radical (unpaired) electrons. The fourth-order valence-corrected chi connectivity index (χ4v) is 5.34. The van der Waals surface area contributed by atoms with Gasteiger partial charge >= 0.3 is 12.1 Å². The highest BCUT2D eigenvalue weighted by atomic mass is 16.9. The van der Waals surface area contributed by atoms with Crippen molar-refractivity contribution in [2.45, 2.75) is 108 Å². The van der Waals surface area contributed by atoms with E-state index in [1.807, 2.05) is 6.07 Å². The van der Waals surface area contributed by atoms with E-state index in [0.717, 1.165) is 4.90 Å². The minimum absolute atomic E-state index is 0.250. The molecular weight excluding hydrogens is 496 g/mol. The van der Waals surface area contributed by atoms with Crippen LogP contribution >= 0.6 is 0 Å². The van der Waals surface area contributed by atoms with Gasteiger partial charge in [0.2, 0.25) is 0 Å². The van der Waals surface area contributed by atoms with Gasteiger partial charge in [0.25, 0.3) is 5.54 Å². The number of rotatable bonds is 4. The minimum atomic E-state index is -1.89. The molecule has 11 nitrogen and oxygen atoms in total. The van der Waals surface area contributed by atoms with Gasteiger partial charge in [0, 0.05) is 0 Å².